The molecule has 5 heteroatoms. The van der Waals surface area contributed by atoms with Crippen molar-refractivity contribution in [1.29, 1.82) is 0 Å². The van der Waals surface area contributed by atoms with Crippen molar-refractivity contribution in [2.24, 2.45) is 23.7 Å². The van der Waals surface area contributed by atoms with Crippen LogP contribution in [0.3, 0.4) is 0 Å². The lowest BCUT2D eigenvalue weighted by Gasteiger charge is -2.61. The van der Waals surface area contributed by atoms with Gasteiger partial charge in [0.15, 0.2) is 0 Å². The van der Waals surface area contributed by atoms with E-state index in [0.29, 0.717) is 11.8 Å². The van der Waals surface area contributed by atoms with Gasteiger partial charge >= 0.3 is 0 Å². The van der Waals surface area contributed by atoms with Gasteiger partial charge in [-0.1, -0.05) is 382 Å². The summed E-state index contributed by atoms with van der Waals surface area (Å²) >= 11 is 3.79. The van der Waals surface area contributed by atoms with Crippen LogP contribution in [0.5, 0.6) is 11.5 Å². The number of ether oxygens (including phenoxy) is 1. The van der Waals surface area contributed by atoms with Crippen LogP contribution < -0.4 is 14.5 Å². The molecule has 1 aliphatic heterocycles. The van der Waals surface area contributed by atoms with Crippen LogP contribution in [-0.2, 0) is 10.8 Å². The van der Waals surface area contributed by atoms with Crippen LogP contribution in [0.25, 0.3) is 163 Å². The maximum Gasteiger partial charge on any atom is 0.132 e. The third kappa shape index (κ3) is 11.9. The number of fused-ring (bicyclic) bond motifs is 18. The molecule has 22 aromatic rings. The molecule has 0 unspecified atom stereocenters. The number of hydrogen-bond acceptors (Lipinski definition) is 5. The molecule has 29 rings (SSSR count). The molecule has 2 spiro atoms. The van der Waals surface area contributed by atoms with E-state index < -0.39 is 5.41 Å². The molecule has 0 radical (unpaired) electrons. The van der Waals surface area contributed by atoms with Gasteiger partial charge in [-0.2, -0.15) is 0 Å². The van der Waals surface area contributed by atoms with Crippen molar-refractivity contribution in [3.05, 3.63) is 494 Å². The van der Waals surface area contributed by atoms with E-state index in [4.69, 9.17) is 4.74 Å². The lowest BCUT2D eigenvalue weighted by atomic mass is 9.43. The van der Waals surface area contributed by atoms with Gasteiger partial charge in [-0.3, -0.25) is 0 Å². The third-order valence-corrected chi connectivity index (χ3v) is 33.9. The molecule has 0 atom stereocenters. The average molecular weight is 1770 g/mol. The zero-order chi connectivity index (χ0) is 89.3. The molecule has 0 saturated heterocycles. The second-order valence-electron chi connectivity index (χ2n) is 38.2. The summed E-state index contributed by atoms with van der Waals surface area (Å²) < 4.78 is 12.0. The Morgan fingerprint density at radius 1 is 0.213 bits per heavy atom. The summed E-state index contributed by atoms with van der Waals surface area (Å²) in [7, 11) is 0. The Bertz CT molecular complexity index is 8570. The molecule has 3 nitrogen and oxygen atoms in total. The number of rotatable bonds is 15. The van der Waals surface area contributed by atoms with Crippen LogP contribution in [-0.4, -0.2) is 0 Å². The molecule has 4 saturated carbocycles. The molecule has 0 N–H and O–H groups in total. The zero-order valence-electron chi connectivity index (χ0n) is 74.8. The van der Waals surface area contributed by atoms with Gasteiger partial charge in [-0.15, -0.1) is 22.7 Å². The molecule has 2 aromatic heterocycles. The molecular formula is C131H90N2OS2. The summed E-state index contributed by atoms with van der Waals surface area (Å²) in [6.45, 7) is 0. The second kappa shape index (κ2) is 31.4. The topological polar surface area (TPSA) is 15.7 Å². The highest BCUT2D eigenvalue weighted by atomic mass is 32.1. The quantitative estimate of drug-likeness (QED) is 0.102. The molecule has 20 aromatic carbocycles. The molecule has 0 amide bonds. The summed E-state index contributed by atoms with van der Waals surface area (Å²) in [6, 6.07) is 175. The summed E-state index contributed by atoms with van der Waals surface area (Å²) in [6.07, 6.45) is 6.75. The molecule has 3 heterocycles. The number of thiophene rings is 2. The van der Waals surface area contributed by atoms with Gasteiger partial charge in [0.05, 0.1) is 28.2 Å². The fraction of sp³-hybridized carbons (Fsp3) is 0.0840. The first-order valence-electron chi connectivity index (χ1n) is 48.2. The lowest BCUT2D eigenvalue weighted by Crippen LogP contribution is -2.55. The van der Waals surface area contributed by atoms with E-state index in [1.165, 1.54) is 128 Å². The van der Waals surface area contributed by atoms with Crippen molar-refractivity contribution in [2.45, 2.75) is 42.9 Å². The minimum atomic E-state index is -0.681. The predicted molar refractivity (Wildman–Crippen MR) is 571 cm³/mol. The van der Waals surface area contributed by atoms with Gasteiger partial charge in [-0.25, -0.2) is 0 Å². The van der Waals surface area contributed by atoms with Crippen LogP contribution in [0, 0.1) is 23.7 Å². The smallest absolute Gasteiger partial charge is 0.132 e. The number of anilines is 6. The first-order valence-corrected chi connectivity index (χ1v) is 49.8. The van der Waals surface area contributed by atoms with E-state index in [9.17, 15) is 0 Å². The van der Waals surface area contributed by atoms with Crippen molar-refractivity contribution < 1.29 is 4.74 Å². The predicted octanol–water partition coefficient (Wildman–Crippen LogP) is 36.6. The van der Waals surface area contributed by atoms with Gasteiger partial charge in [0, 0.05) is 102 Å². The van der Waals surface area contributed by atoms with Crippen LogP contribution in [0.1, 0.15) is 65.5 Å². The van der Waals surface area contributed by atoms with Gasteiger partial charge in [0.2, 0.25) is 0 Å². The Kier molecular flexibility index (Phi) is 18.2. The highest BCUT2D eigenvalue weighted by Gasteiger charge is 2.62. The van der Waals surface area contributed by atoms with Crippen LogP contribution >= 0.6 is 22.7 Å². The molecule has 4 fully saturated rings. The molecule has 7 aliphatic rings. The summed E-state index contributed by atoms with van der Waals surface area (Å²) in [5, 5.41) is 5.06. The van der Waals surface area contributed by atoms with Crippen molar-refractivity contribution in [3.8, 4) is 134 Å². The van der Waals surface area contributed by atoms with Crippen molar-refractivity contribution in [3.63, 3.8) is 0 Å². The highest BCUT2D eigenvalue weighted by molar-refractivity contribution is 7.26. The van der Waals surface area contributed by atoms with E-state index in [1.807, 2.05) is 22.7 Å². The third-order valence-electron chi connectivity index (χ3n) is 31.4. The molecule has 4 bridgehead atoms. The maximum atomic E-state index is 6.94. The monoisotopic (exact) mass is 1770 g/mol. The molecule has 6 aliphatic carbocycles. The minimum absolute atomic E-state index is 0.0170. The standard InChI is InChI=1S/C131H90N2OS2/c1-3-34-84(35-4-1)91-38-7-8-39-93(91)94-40-9-10-41-95(94)100-46-15-25-62-120(100)133(90-70-72-116-111(81-90)99-45-14-21-58-114(99)131(116)117-59-22-27-64-123(117)134-124-65-28-23-60-118(124)131)122-73-68-86(79-112(122)109-56-33-55-108-104-50-19-30-67-126(104)136-129(108)109)92-51-31-52-105(127(92)85-36-5-2-6-37-85)97-43-12-11-42-96(97)101-47-16-24-61-119(101)132(121-63-26-17-48-102(121)106-53-32-54-107-103-49-18-29-66-125(103)135-128(106)107)89-69-71-115-110(80-89)98-44-13-20-57-113(98)130(115)87-75-82-74-83(77-87)78-88(130)76-82/h1-73,79-83,87-88H,74-78H2. The van der Waals surface area contributed by atoms with E-state index in [0.717, 1.165) is 146 Å². The van der Waals surface area contributed by atoms with E-state index in [2.05, 4.69) is 471 Å². The Morgan fingerprint density at radius 3 is 1.12 bits per heavy atom. The summed E-state index contributed by atoms with van der Waals surface area (Å²) in [4.78, 5) is 5.25. The van der Waals surface area contributed by atoms with Gasteiger partial charge in [0.25, 0.3) is 0 Å². The SMILES string of the molecule is c1ccc(-c2ccccc2-c2ccccc2-c2ccccc2N(c2ccc3c(c2)-c2ccccc2C32c3ccccc3Oc3ccccc32)c2ccc(-c3cccc(-c4ccccc4-c4ccccc4N(c4ccc5c(c4)-c4ccccc4C54C5CC6CC(C5)CC4C6)c4ccccc4-c4cccc5c4sc4ccccc45)c3-c3ccccc3)cc2-c2cccc3c2sc2ccccc23)cc1. The number of hydrogen-bond donors (Lipinski definition) is 0. The molecule has 136 heavy (non-hydrogen) atoms. The normalized spacial score (nSPS) is 17.0. The highest BCUT2D eigenvalue weighted by Crippen LogP contribution is 2.71. The van der Waals surface area contributed by atoms with E-state index >= 15 is 0 Å². The fourth-order valence-electron chi connectivity index (χ4n) is 26.2. The molecule has 642 valence electrons. The van der Waals surface area contributed by atoms with Crippen molar-refractivity contribution in [2.75, 3.05) is 9.80 Å². The summed E-state index contributed by atoms with van der Waals surface area (Å²) in [5.74, 6) is 4.71. The number of para-hydroxylation sites is 5. The van der Waals surface area contributed by atoms with Crippen molar-refractivity contribution >= 4 is 97.1 Å². The van der Waals surface area contributed by atoms with E-state index in [-0.39, 0.29) is 5.41 Å². The Hall–Kier alpha value is -15.8. The largest absolute Gasteiger partial charge is 0.457 e. The van der Waals surface area contributed by atoms with Gasteiger partial charge < -0.3 is 14.5 Å². The first-order chi connectivity index (χ1) is 67.5. The zero-order valence-corrected chi connectivity index (χ0v) is 76.5. The average Bonchev–Trinajstić information content (AvgIpc) is 1.52. The first kappa shape index (κ1) is 78.9. The Balaban J connectivity index is 0.666. The van der Waals surface area contributed by atoms with Crippen LogP contribution in [0.4, 0.5) is 34.1 Å². The number of nitrogens with zero attached hydrogens (tertiary/aromatic N) is 2. The van der Waals surface area contributed by atoms with Crippen LogP contribution in [0.15, 0.2) is 461 Å². The Morgan fingerprint density at radius 2 is 0.566 bits per heavy atom. The van der Waals surface area contributed by atoms with Gasteiger partial charge in [0.1, 0.15) is 11.5 Å². The Labute approximate surface area is 800 Å². The van der Waals surface area contributed by atoms with Gasteiger partial charge in [-0.05, 0) is 246 Å². The number of benzene rings is 20. The lowest BCUT2D eigenvalue weighted by molar-refractivity contribution is -0.0399. The fourth-order valence-corrected chi connectivity index (χ4v) is 28.7. The van der Waals surface area contributed by atoms with Crippen LogP contribution in [0.2, 0.25) is 0 Å². The van der Waals surface area contributed by atoms with E-state index in [1.54, 1.807) is 11.1 Å². The minimum Gasteiger partial charge on any atom is -0.457 e. The van der Waals surface area contributed by atoms with Crippen molar-refractivity contribution in [1.82, 2.24) is 0 Å². The maximum absolute atomic E-state index is 6.94. The second-order valence-corrected chi connectivity index (χ2v) is 40.3. The molecular weight excluding hydrogens is 1680 g/mol. The summed E-state index contributed by atoms with van der Waals surface area (Å²) in [5.41, 5.74) is 39.4.